The van der Waals surface area contributed by atoms with E-state index in [1.165, 1.54) is 0 Å². The Morgan fingerprint density at radius 2 is 1.56 bits per heavy atom. The van der Waals surface area contributed by atoms with Crippen LogP contribution >= 0.6 is 0 Å². The fraction of sp³-hybridized carbons (Fsp3) is 0.429. The second kappa shape index (κ2) is 11.3. The van der Waals surface area contributed by atoms with Gasteiger partial charge in [-0.05, 0) is 6.42 Å². The van der Waals surface area contributed by atoms with Gasteiger partial charge >= 0.3 is 88.7 Å². The molecule has 0 aromatic heterocycles. The van der Waals surface area contributed by atoms with Crippen LogP contribution in [0.25, 0.3) is 0 Å². The zero-order chi connectivity index (χ0) is 12.3. The first-order valence-corrected chi connectivity index (χ1v) is 5.06. The topological polar surface area (TPSA) is 137 Å². The van der Waals surface area contributed by atoms with Crippen molar-refractivity contribution in [3.63, 3.8) is 0 Å². The van der Waals surface area contributed by atoms with Crippen LogP contribution in [-0.2, 0) is 19.7 Å². The second-order valence-corrected chi connectivity index (χ2v) is 4.47. The Kier molecular flexibility index (Phi) is 17.4. The predicted molar refractivity (Wildman–Crippen MR) is 41.9 cm³/mol. The van der Waals surface area contributed by atoms with Gasteiger partial charge in [-0.15, -0.1) is 6.58 Å². The van der Waals surface area contributed by atoms with Crippen LogP contribution < -0.4 is 98.9 Å². The number of carboxylic acids is 2. The van der Waals surface area contributed by atoms with Crippen LogP contribution in [0.15, 0.2) is 12.7 Å². The van der Waals surface area contributed by atoms with E-state index < -0.39 is 39.6 Å². The molecule has 0 spiro atoms. The van der Waals surface area contributed by atoms with E-state index in [2.05, 4.69) is 6.58 Å². The molecular weight excluding hydrogens is 297 g/mol. The minimum absolute atomic E-state index is 0. The van der Waals surface area contributed by atoms with Gasteiger partial charge in [0.25, 0.3) is 0 Å². The number of hydrogen-bond acceptors (Lipinski definition) is 7. The van der Waals surface area contributed by atoms with Crippen molar-refractivity contribution in [2.24, 2.45) is 0 Å². The minimum Gasteiger partial charge on any atom is -0.747 e. The van der Waals surface area contributed by atoms with Gasteiger partial charge in [-0.25, -0.2) is 8.42 Å². The fourth-order valence-electron chi connectivity index (χ4n) is 0.986. The molecule has 0 amide bonds. The summed E-state index contributed by atoms with van der Waals surface area (Å²) < 4.78 is 29.1. The molecule has 7 nitrogen and oxygen atoms in total. The zero-order valence-corrected chi connectivity index (χ0v) is 17.3. The van der Waals surface area contributed by atoms with E-state index in [1.807, 2.05) is 0 Å². The molecule has 18 heavy (non-hydrogen) atoms. The summed E-state index contributed by atoms with van der Waals surface area (Å²) in [5.41, 5.74) is 0. The fourth-order valence-corrected chi connectivity index (χ4v) is 1.81. The molecule has 0 bridgehead atoms. The summed E-state index contributed by atoms with van der Waals surface area (Å²) in [6.45, 7) is 3.04. The van der Waals surface area contributed by atoms with Gasteiger partial charge in [-0.2, -0.15) is 0 Å². The molecule has 0 rings (SSSR count). The number of rotatable bonds is 6. The normalized spacial score (nSPS) is 12.7. The Bertz CT molecular complexity index is 394. The van der Waals surface area contributed by atoms with Gasteiger partial charge in [-0.3, -0.25) is 0 Å². The summed E-state index contributed by atoms with van der Waals surface area (Å²) in [5.74, 6) is -4.25. The molecule has 1 atom stereocenters. The quantitative estimate of drug-likeness (QED) is 0.270. The number of carboxylic acid groups (broad SMARTS) is 2. The Balaban J connectivity index is -0.000000327. The number of allylic oxidation sites excluding steroid dienone is 1. The minimum atomic E-state index is -5.39. The molecule has 0 saturated heterocycles. The Labute approximate surface area is 171 Å². The van der Waals surface area contributed by atoms with E-state index in [4.69, 9.17) is 0 Å². The van der Waals surface area contributed by atoms with Crippen LogP contribution in [0.5, 0.6) is 0 Å². The van der Waals surface area contributed by atoms with Gasteiger partial charge in [0.2, 0.25) is 0 Å². The predicted octanol–water partition coefficient (Wildman–Crippen LogP) is -12.3. The average molecular weight is 304 g/mol. The van der Waals surface area contributed by atoms with E-state index in [0.29, 0.717) is 0 Å². The number of carbonyl (C=O) groups is 2. The molecule has 0 aliphatic heterocycles. The standard InChI is InChI=1S/C7H10O7S.3Na/c1-2-3-7(6(10)11,4-5(8)9)15(12,13)14;;;/h2H,1,3-4H2,(H,8,9)(H,10,11)(H,12,13,14);;;/q;3*+1/p-3. The van der Waals surface area contributed by atoms with Crippen LogP contribution in [0.3, 0.4) is 0 Å². The van der Waals surface area contributed by atoms with E-state index in [1.54, 1.807) is 0 Å². The van der Waals surface area contributed by atoms with Gasteiger partial charge in [0.15, 0.2) is 0 Å². The average Bonchev–Trinajstić information content (AvgIpc) is 1.99. The molecule has 86 valence electrons. The SMILES string of the molecule is C=CCC(CC(=O)[O-])(C(=O)[O-])S(=O)(=O)[O-].[Na+].[Na+].[Na+]. The summed E-state index contributed by atoms with van der Waals surface area (Å²) in [6.07, 6.45) is -1.50. The van der Waals surface area contributed by atoms with Crippen molar-refractivity contribution < 1.29 is 121 Å². The summed E-state index contributed by atoms with van der Waals surface area (Å²) >= 11 is 0. The Morgan fingerprint density at radius 1 is 1.17 bits per heavy atom. The molecule has 0 aliphatic carbocycles. The maximum Gasteiger partial charge on any atom is 1.00 e. The van der Waals surface area contributed by atoms with Crippen molar-refractivity contribution in [3.05, 3.63) is 12.7 Å². The van der Waals surface area contributed by atoms with Crippen LogP contribution in [0, 0.1) is 0 Å². The second-order valence-electron chi connectivity index (χ2n) is 2.78. The van der Waals surface area contributed by atoms with E-state index in [-0.39, 0.29) is 88.7 Å². The molecule has 1 unspecified atom stereocenters. The van der Waals surface area contributed by atoms with Crippen molar-refractivity contribution >= 4 is 22.1 Å². The Morgan fingerprint density at radius 3 is 1.72 bits per heavy atom. The largest absolute Gasteiger partial charge is 1.00 e. The van der Waals surface area contributed by atoms with Gasteiger partial charge in [0.05, 0.1) is 5.97 Å². The zero-order valence-electron chi connectivity index (χ0n) is 10.5. The van der Waals surface area contributed by atoms with Crippen LogP contribution in [0.2, 0.25) is 0 Å². The molecule has 0 radical (unpaired) electrons. The molecule has 0 N–H and O–H groups in total. The maximum atomic E-state index is 10.7. The third kappa shape index (κ3) is 7.39. The van der Waals surface area contributed by atoms with Crippen molar-refractivity contribution in [2.45, 2.75) is 17.6 Å². The molecule has 0 aliphatic rings. The van der Waals surface area contributed by atoms with Crippen LogP contribution in [0.1, 0.15) is 12.8 Å². The van der Waals surface area contributed by atoms with E-state index in [9.17, 15) is 32.8 Å². The number of carbonyl (C=O) groups excluding carboxylic acids is 2. The maximum absolute atomic E-state index is 10.7. The van der Waals surface area contributed by atoms with Crippen molar-refractivity contribution in [2.75, 3.05) is 0 Å². The van der Waals surface area contributed by atoms with E-state index >= 15 is 0 Å². The van der Waals surface area contributed by atoms with Crippen LogP contribution in [-0.4, -0.2) is 29.7 Å². The molecule has 0 aromatic rings. The first-order valence-electron chi connectivity index (χ1n) is 3.65. The molecule has 0 fully saturated rings. The molecule has 0 aromatic carbocycles. The summed E-state index contributed by atoms with van der Waals surface area (Å²) in [6, 6.07) is 0. The molecule has 11 heteroatoms. The summed E-state index contributed by atoms with van der Waals surface area (Å²) in [5, 5.41) is 20.8. The van der Waals surface area contributed by atoms with Crippen molar-refractivity contribution in [1.82, 2.24) is 0 Å². The first kappa shape index (κ1) is 27.9. The summed E-state index contributed by atoms with van der Waals surface area (Å²) in [4.78, 5) is 20.8. The number of hydrogen-bond donors (Lipinski definition) is 0. The third-order valence-electron chi connectivity index (χ3n) is 1.75. The van der Waals surface area contributed by atoms with Gasteiger partial charge in [-0.1, -0.05) is 6.08 Å². The molecule has 0 heterocycles. The third-order valence-corrected chi connectivity index (χ3v) is 3.19. The van der Waals surface area contributed by atoms with Gasteiger partial charge in [0, 0.05) is 12.4 Å². The van der Waals surface area contributed by atoms with Crippen molar-refractivity contribution in [3.8, 4) is 0 Å². The monoisotopic (exact) mass is 304 g/mol. The summed E-state index contributed by atoms with van der Waals surface area (Å²) in [7, 11) is -5.39. The van der Waals surface area contributed by atoms with Gasteiger partial charge in [0.1, 0.15) is 14.9 Å². The van der Waals surface area contributed by atoms with Crippen LogP contribution in [0.4, 0.5) is 0 Å². The molecule has 0 saturated carbocycles. The Hall–Kier alpha value is 1.59. The van der Waals surface area contributed by atoms with Crippen molar-refractivity contribution in [1.29, 1.82) is 0 Å². The first-order chi connectivity index (χ1) is 6.67. The van der Waals surface area contributed by atoms with Gasteiger partial charge < -0.3 is 24.4 Å². The number of aliphatic carboxylic acids is 2. The smallest absolute Gasteiger partial charge is 0.747 e. The molecular formula is C7H7Na3O7S. The van der Waals surface area contributed by atoms with E-state index in [0.717, 1.165) is 6.08 Å².